The van der Waals surface area contributed by atoms with Crippen LogP contribution in [0.25, 0.3) is 0 Å². The molecule has 0 aromatic heterocycles. The second-order valence-electron chi connectivity index (χ2n) is 0.162. The van der Waals surface area contributed by atoms with Gasteiger partial charge in [0.05, 0.1) is 0 Å². The molecule has 0 aromatic rings. The molecule has 0 spiro atoms. The molecule has 0 aromatic carbocycles. The van der Waals surface area contributed by atoms with E-state index in [1.54, 1.807) is 0 Å². The fourth-order valence-corrected chi connectivity index (χ4v) is 0. The van der Waals surface area contributed by atoms with Gasteiger partial charge in [0.15, 0.2) is 0 Å². The van der Waals surface area contributed by atoms with E-state index in [-0.39, 0.29) is 0 Å². The average molecular weight is 416 g/mol. The molecule has 0 fully saturated rings. The molecule has 0 aliphatic rings. The molecule has 0 heterocycles. The Bertz CT molecular complexity index is 8.00. The average Bonchev–Trinajstić information content (AvgIpc) is 0.811. The number of hydrogen-bond acceptors (Lipinski definition) is 0. The van der Waals surface area contributed by atoms with Crippen molar-refractivity contribution in [2.45, 2.75) is 0 Å². The summed E-state index contributed by atoms with van der Waals surface area (Å²) in [5, 5.41) is 0. The Morgan fingerprint density at radius 1 is 1.50 bits per heavy atom. The van der Waals surface area contributed by atoms with E-state index in [9.17, 15) is 0 Å². The summed E-state index contributed by atoms with van der Waals surface area (Å²) in [6.07, 6.45) is 0. The van der Waals surface area contributed by atoms with E-state index in [0.717, 1.165) is 0 Å². The Kier molecular flexibility index (Phi) is 5.93. The first-order valence-corrected chi connectivity index (χ1v) is 15.7. The van der Waals surface area contributed by atoms with Crippen LogP contribution < -0.4 is 0 Å². The van der Waals surface area contributed by atoms with Gasteiger partial charge >= 0.3 is 56.9 Å². The van der Waals surface area contributed by atoms with Crippen LogP contribution in [0.2, 0.25) is 0 Å². The first-order valence-electron chi connectivity index (χ1n) is 0.429. The van der Waals surface area contributed by atoms with Gasteiger partial charge in [0.2, 0.25) is 0 Å². The monoisotopic (exact) mass is 416 g/mol. The summed E-state index contributed by atoms with van der Waals surface area (Å²) in [6.45, 7) is 0. The van der Waals surface area contributed by atoms with E-state index in [1.807, 2.05) is 0 Å². The molecule has 0 amide bonds. The van der Waals surface area contributed by atoms with Crippen molar-refractivity contribution in [2.24, 2.45) is 0 Å². The maximum atomic E-state index is 5.40. The molecule has 0 saturated heterocycles. The van der Waals surface area contributed by atoms with Gasteiger partial charge in [0.1, 0.15) is 0 Å². The van der Waals surface area contributed by atoms with Crippen molar-refractivity contribution >= 4 is 56.9 Å². The Balaban J connectivity index is 2.32. The summed E-state index contributed by atoms with van der Waals surface area (Å²) in [7, 11) is 4.55. The van der Waals surface area contributed by atoms with E-state index in [0.29, 0.717) is 0 Å². The van der Waals surface area contributed by atoms with Crippen LogP contribution in [-0.4, -0.2) is 0 Å². The van der Waals surface area contributed by atoms with Crippen molar-refractivity contribution in [1.82, 2.24) is 0 Å². The maximum absolute atomic E-state index is 5.40. The number of hydrogen-bond donors (Lipinski definition) is 0. The van der Waals surface area contributed by atoms with E-state index in [1.165, 1.54) is 0 Å². The fourth-order valence-electron chi connectivity index (χ4n) is 0. The van der Waals surface area contributed by atoms with Gasteiger partial charge in [-0.05, 0) is 0 Å². The minimum atomic E-state index is -0.851. The van der Waals surface area contributed by atoms with Gasteiger partial charge in [0.25, 0.3) is 0 Å². The van der Waals surface area contributed by atoms with Crippen LogP contribution in [0.4, 0.5) is 0 Å². The van der Waals surface area contributed by atoms with Gasteiger partial charge in [0, 0.05) is 0 Å². The second-order valence-corrected chi connectivity index (χ2v) is 30.9. The van der Waals surface area contributed by atoms with E-state index < -0.39 is 10.7 Å². The first kappa shape index (κ1) is 6.48. The van der Waals surface area contributed by atoms with Crippen molar-refractivity contribution in [3.05, 3.63) is 0 Å². The fraction of sp³-hybridized carbons (Fsp3) is 0. The summed E-state index contributed by atoms with van der Waals surface area (Å²) in [4.78, 5) is 0. The zero-order chi connectivity index (χ0) is 3.58. The van der Waals surface area contributed by atoms with Gasteiger partial charge in [-0.15, -0.1) is 0 Å². The zero-order valence-electron chi connectivity index (χ0n) is 1.51. The quantitative estimate of drug-likeness (QED) is 0.532. The molecular formula is ClI3. The van der Waals surface area contributed by atoms with Crippen LogP contribution in [0.5, 0.6) is 0 Å². The summed E-state index contributed by atoms with van der Waals surface area (Å²) >= 11 is 4.50. The van der Waals surface area contributed by atoms with Crippen molar-refractivity contribution < 1.29 is 0 Å². The molecular weight excluding hydrogens is 416 g/mol. The molecule has 0 rings (SSSR count). The third-order valence-electron chi connectivity index (χ3n) is 0. The van der Waals surface area contributed by atoms with Gasteiger partial charge < -0.3 is 0 Å². The van der Waals surface area contributed by atoms with E-state index in [2.05, 4.69) is 37.2 Å². The van der Waals surface area contributed by atoms with Crippen LogP contribution in [0.1, 0.15) is 0 Å². The van der Waals surface area contributed by atoms with Crippen LogP contribution in [0, 0.1) is 0 Å². The third-order valence-corrected chi connectivity index (χ3v) is 0. The Labute approximate surface area is 55.5 Å². The van der Waals surface area contributed by atoms with Crippen LogP contribution in [0.15, 0.2) is 0 Å². The molecule has 0 nitrogen and oxygen atoms in total. The summed E-state index contributed by atoms with van der Waals surface area (Å²) in [5.41, 5.74) is 0. The Morgan fingerprint density at radius 3 is 1.50 bits per heavy atom. The summed E-state index contributed by atoms with van der Waals surface area (Å²) < 4.78 is 0. The molecule has 0 radical (unpaired) electrons. The molecule has 4 heteroatoms. The number of halogens is 4. The first-order chi connectivity index (χ1) is 1.73. The topological polar surface area (TPSA) is 0 Å². The van der Waals surface area contributed by atoms with Crippen molar-refractivity contribution in [3.8, 4) is 0 Å². The molecule has 0 atom stereocenters. The molecule has 0 saturated carbocycles. The van der Waals surface area contributed by atoms with Crippen molar-refractivity contribution in [2.75, 3.05) is 0 Å². The molecule has 0 unspecified atom stereocenters. The minimum absolute atomic E-state index is 0.851. The summed E-state index contributed by atoms with van der Waals surface area (Å²) in [6, 6.07) is 0. The van der Waals surface area contributed by atoms with Crippen molar-refractivity contribution in [1.29, 1.82) is 0 Å². The zero-order valence-corrected chi connectivity index (χ0v) is 8.74. The van der Waals surface area contributed by atoms with Crippen LogP contribution >= 0.6 is 56.9 Å². The van der Waals surface area contributed by atoms with Gasteiger partial charge in [-0.2, -0.15) is 0 Å². The standard InChI is InChI=1S/ClI3/c1-4(2)3. The van der Waals surface area contributed by atoms with Gasteiger partial charge in [-0.3, -0.25) is 0 Å². The molecule has 0 N–H and O–H groups in total. The SMILES string of the molecule is ClI(I)I. The molecule has 0 aliphatic heterocycles. The van der Waals surface area contributed by atoms with Crippen molar-refractivity contribution in [3.63, 3.8) is 0 Å². The van der Waals surface area contributed by atoms with E-state index in [4.69, 9.17) is 8.91 Å². The molecule has 0 aliphatic carbocycles. The van der Waals surface area contributed by atoms with Crippen LogP contribution in [0.3, 0.4) is 0 Å². The third kappa shape index (κ3) is 8.82. The van der Waals surface area contributed by atoms with Crippen LogP contribution in [-0.2, 0) is 0 Å². The summed E-state index contributed by atoms with van der Waals surface area (Å²) in [5.74, 6) is 0. The van der Waals surface area contributed by atoms with Gasteiger partial charge in [-0.25, -0.2) is 0 Å². The van der Waals surface area contributed by atoms with Gasteiger partial charge in [-0.1, -0.05) is 0 Å². The molecule has 0 bridgehead atoms. The number of rotatable bonds is 0. The Hall–Kier alpha value is 2.48. The predicted octanol–water partition coefficient (Wildman–Crippen LogP) is 3.35. The Morgan fingerprint density at radius 2 is 1.50 bits per heavy atom. The molecule has 4 heavy (non-hydrogen) atoms. The second kappa shape index (κ2) is 3.66. The normalized spacial score (nSPS) is 11.2. The predicted molar refractivity (Wildman–Crippen MR) is 47.9 cm³/mol. The molecule has 28 valence electrons. The van der Waals surface area contributed by atoms with E-state index >= 15 is 0 Å².